The van der Waals surface area contributed by atoms with Gasteiger partial charge in [0.05, 0.1) is 5.69 Å². The van der Waals surface area contributed by atoms with Gasteiger partial charge >= 0.3 is 0 Å². The Morgan fingerprint density at radius 1 is 1.64 bits per heavy atom. The van der Waals surface area contributed by atoms with Crippen molar-refractivity contribution in [1.29, 1.82) is 0 Å². The summed E-state index contributed by atoms with van der Waals surface area (Å²) in [5.74, 6) is 0.0427. The standard InChI is InChI=1S/C7H9N2OP/c1-5(10)9-8-6-3-2-4-7(6)11-9/h2-4H2,1H3. The predicted molar refractivity (Wildman–Crippen MR) is 43.1 cm³/mol. The minimum absolute atomic E-state index is 0.0427. The Morgan fingerprint density at radius 2 is 2.45 bits per heavy atom. The highest BCUT2D eigenvalue weighted by molar-refractivity contribution is 7.27. The molecule has 1 aliphatic carbocycles. The van der Waals surface area contributed by atoms with E-state index in [2.05, 4.69) is 5.10 Å². The molecule has 0 spiro atoms. The topological polar surface area (TPSA) is 34.9 Å². The molecule has 0 saturated carbocycles. The number of rotatable bonds is 0. The van der Waals surface area contributed by atoms with Crippen molar-refractivity contribution in [2.75, 3.05) is 0 Å². The van der Waals surface area contributed by atoms with E-state index in [1.165, 1.54) is 16.2 Å². The van der Waals surface area contributed by atoms with Crippen LogP contribution in [0.2, 0.25) is 0 Å². The van der Waals surface area contributed by atoms with Gasteiger partial charge < -0.3 is 0 Å². The van der Waals surface area contributed by atoms with E-state index in [9.17, 15) is 4.79 Å². The third kappa shape index (κ3) is 1.10. The molecule has 0 bridgehead atoms. The van der Waals surface area contributed by atoms with E-state index in [0.717, 1.165) is 26.9 Å². The van der Waals surface area contributed by atoms with Gasteiger partial charge in [-0.25, -0.2) is 0 Å². The lowest BCUT2D eigenvalue weighted by atomic mass is 10.4. The average molecular weight is 168 g/mol. The summed E-state index contributed by atoms with van der Waals surface area (Å²) in [6.07, 6.45) is 3.41. The normalized spacial score (nSPS) is 15.7. The van der Waals surface area contributed by atoms with Gasteiger partial charge in [0, 0.05) is 20.6 Å². The third-order valence-electron chi connectivity index (χ3n) is 1.87. The maximum Gasteiger partial charge on any atom is 0.247 e. The molecule has 0 atom stereocenters. The van der Waals surface area contributed by atoms with Crippen LogP contribution in [0.15, 0.2) is 0 Å². The van der Waals surface area contributed by atoms with Crippen LogP contribution in [0.5, 0.6) is 0 Å². The highest BCUT2D eigenvalue weighted by Crippen LogP contribution is 2.27. The van der Waals surface area contributed by atoms with Crippen molar-refractivity contribution in [3.05, 3.63) is 11.0 Å². The van der Waals surface area contributed by atoms with Crippen LogP contribution in [-0.4, -0.2) is 15.5 Å². The van der Waals surface area contributed by atoms with Gasteiger partial charge in [-0.15, -0.1) is 0 Å². The molecule has 0 aliphatic heterocycles. The van der Waals surface area contributed by atoms with Crippen LogP contribution in [0, 0.1) is 0 Å². The van der Waals surface area contributed by atoms with Crippen molar-refractivity contribution in [1.82, 2.24) is 9.54 Å². The molecule has 11 heavy (non-hydrogen) atoms. The number of hydrogen-bond donors (Lipinski definition) is 0. The Kier molecular flexibility index (Phi) is 1.53. The van der Waals surface area contributed by atoms with E-state index in [1.807, 2.05) is 0 Å². The summed E-state index contributed by atoms with van der Waals surface area (Å²) in [6, 6.07) is 0. The molecule has 1 aromatic heterocycles. The average Bonchev–Trinajstić information content (AvgIpc) is 2.40. The number of aryl methyl sites for hydroxylation is 2. The van der Waals surface area contributed by atoms with Gasteiger partial charge in [0.25, 0.3) is 0 Å². The fraction of sp³-hybridized carbons (Fsp3) is 0.571. The Morgan fingerprint density at radius 3 is 3.09 bits per heavy atom. The van der Waals surface area contributed by atoms with Crippen LogP contribution >= 0.6 is 8.35 Å². The second-order valence-electron chi connectivity index (χ2n) is 2.76. The maximum absolute atomic E-state index is 10.9. The third-order valence-corrected chi connectivity index (χ3v) is 3.16. The van der Waals surface area contributed by atoms with Crippen LogP contribution in [-0.2, 0) is 12.8 Å². The second kappa shape index (κ2) is 2.42. The Bertz CT molecular complexity index is 284. The number of aromatic nitrogens is 2. The largest absolute Gasteiger partial charge is 0.273 e. The first-order valence-electron chi connectivity index (χ1n) is 3.73. The molecule has 1 aromatic rings. The van der Waals surface area contributed by atoms with Crippen molar-refractivity contribution in [2.24, 2.45) is 0 Å². The molecule has 4 heteroatoms. The van der Waals surface area contributed by atoms with Gasteiger partial charge in [-0.1, -0.05) is 0 Å². The fourth-order valence-electron chi connectivity index (χ4n) is 1.32. The zero-order valence-electron chi connectivity index (χ0n) is 6.37. The van der Waals surface area contributed by atoms with E-state index in [0.29, 0.717) is 0 Å². The first-order chi connectivity index (χ1) is 5.27. The zero-order chi connectivity index (χ0) is 7.84. The lowest BCUT2D eigenvalue weighted by molar-refractivity contribution is 0.0934. The van der Waals surface area contributed by atoms with Crippen LogP contribution in [0.4, 0.5) is 0 Å². The monoisotopic (exact) mass is 168 g/mol. The van der Waals surface area contributed by atoms with E-state index >= 15 is 0 Å². The number of nitrogens with zero attached hydrogens (tertiary/aromatic N) is 2. The van der Waals surface area contributed by atoms with Crippen molar-refractivity contribution in [3.63, 3.8) is 0 Å². The van der Waals surface area contributed by atoms with Crippen molar-refractivity contribution in [3.8, 4) is 0 Å². The maximum atomic E-state index is 10.9. The molecular weight excluding hydrogens is 159 g/mol. The van der Waals surface area contributed by atoms with E-state index in [-0.39, 0.29) is 5.91 Å². The smallest absolute Gasteiger partial charge is 0.247 e. The molecule has 0 amide bonds. The van der Waals surface area contributed by atoms with Crippen molar-refractivity contribution < 1.29 is 4.79 Å². The summed E-state index contributed by atoms with van der Waals surface area (Å²) < 4.78 is 1.53. The Hall–Kier alpha value is -0.690. The minimum Gasteiger partial charge on any atom is -0.273 e. The van der Waals surface area contributed by atoms with Crippen LogP contribution in [0.25, 0.3) is 0 Å². The first kappa shape index (κ1) is 6.99. The van der Waals surface area contributed by atoms with Gasteiger partial charge in [0.15, 0.2) is 0 Å². The molecule has 58 valence electrons. The molecule has 1 heterocycles. The molecule has 1 aliphatic rings. The lowest BCUT2D eigenvalue weighted by Gasteiger charge is -1.90. The van der Waals surface area contributed by atoms with E-state index in [1.54, 1.807) is 6.92 Å². The molecule has 0 aromatic carbocycles. The predicted octanol–water partition coefficient (Wildman–Crippen LogP) is 1.61. The Labute approximate surface area is 66.6 Å². The number of fused-ring (bicyclic) bond motifs is 1. The minimum atomic E-state index is 0.0427. The van der Waals surface area contributed by atoms with E-state index < -0.39 is 0 Å². The second-order valence-corrected chi connectivity index (χ2v) is 3.87. The van der Waals surface area contributed by atoms with Gasteiger partial charge in [-0.2, -0.15) is 9.54 Å². The summed E-state index contributed by atoms with van der Waals surface area (Å²) >= 11 is 0. The van der Waals surface area contributed by atoms with Gasteiger partial charge in [-0.05, 0) is 19.3 Å². The number of hydrogen-bond acceptors (Lipinski definition) is 2. The molecule has 3 nitrogen and oxygen atoms in total. The molecule has 2 rings (SSSR count). The van der Waals surface area contributed by atoms with E-state index in [4.69, 9.17) is 0 Å². The Balaban J connectivity index is 2.42. The molecule has 0 saturated heterocycles. The van der Waals surface area contributed by atoms with Crippen molar-refractivity contribution in [2.45, 2.75) is 26.2 Å². The van der Waals surface area contributed by atoms with Crippen LogP contribution < -0.4 is 0 Å². The summed E-state index contributed by atoms with van der Waals surface area (Å²) in [5, 5.41) is 5.55. The highest BCUT2D eigenvalue weighted by Gasteiger charge is 2.16. The lowest BCUT2D eigenvalue weighted by Crippen LogP contribution is -2.03. The van der Waals surface area contributed by atoms with Gasteiger partial charge in [-0.3, -0.25) is 4.79 Å². The number of carbonyl (C=O) groups excluding carboxylic acids is 1. The fourth-order valence-corrected chi connectivity index (χ4v) is 2.37. The van der Waals surface area contributed by atoms with Gasteiger partial charge in [0.2, 0.25) is 5.91 Å². The molecule has 0 N–H and O–H groups in total. The molecule has 0 fully saturated rings. The molecular formula is C7H9N2OP. The van der Waals surface area contributed by atoms with Crippen LogP contribution in [0.1, 0.15) is 29.1 Å². The molecule has 0 unspecified atom stereocenters. The summed E-state index contributed by atoms with van der Waals surface area (Å²) in [6.45, 7) is 1.55. The van der Waals surface area contributed by atoms with Crippen molar-refractivity contribution >= 4 is 14.3 Å². The zero-order valence-corrected chi connectivity index (χ0v) is 7.27. The SMILES string of the molecule is CC(=O)n1nc2c(p1)CCC2. The summed E-state index contributed by atoms with van der Waals surface area (Å²) in [4.78, 5) is 10.9. The molecule has 0 radical (unpaired) electrons. The number of carbonyl (C=O) groups is 1. The van der Waals surface area contributed by atoms with Crippen LogP contribution in [0.3, 0.4) is 0 Å². The quantitative estimate of drug-likeness (QED) is 0.589. The first-order valence-corrected chi connectivity index (χ1v) is 4.58. The summed E-state index contributed by atoms with van der Waals surface area (Å²) in [5.41, 5.74) is 1.15. The summed E-state index contributed by atoms with van der Waals surface area (Å²) in [7, 11) is 0.998. The highest BCUT2D eigenvalue weighted by atomic mass is 31.0. The van der Waals surface area contributed by atoms with Gasteiger partial charge in [0.1, 0.15) is 0 Å².